The summed E-state index contributed by atoms with van der Waals surface area (Å²) in [7, 11) is 1.61. The molecule has 0 radical (unpaired) electrons. The Balaban J connectivity index is 1.45. The lowest BCUT2D eigenvalue weighted by molar-refractivity contribution is -0.184. The average molecular weight is 518 g/mol. The maximum Gasteiger partial charge on any atom is 0.391 e. The molecule has 202 valence electrons. The van der Waals surface area contributed by atoms with Gasteiger partial charge in [-0.2, -0.15) is 13.2 Å². The molecule has 0 spiro atoms. The number of benzene rings is 1. The summed E-state index contributed by atoms with van der Waals surface area (Å²) in [5.74, 6) is -0.818. The fraction of sp³-hybridized carbons (Fsp3) is 0.586. The Morgan fingerprint density at radius 2 is 1.84 bits per heavy atom. The van der Waals surface area contributed by atoms with Crippen LogP contribution in [0, 0.1) is 24.7 Å². The fourth-order valence-corrected chi connectivity index (χ4v) is 5.88. The molecule has 1 saturated carbocycles. The molecular weight excluding hydrogens is 479 g/mol. The van der Waals surface area contributed by atoms with Crippen LogP contribution < -0.4 is 5.32 Å². The molecule has 1 fully saturated rings. The molecule has 1 aromatic heterocycles. The molecule has 1 aromatic carbocycles. The van der Waals surface area contributed by atoms with E-state index in [2.05, 4.69) is 24.1 Å². The molecule has 0 saturated heterocycles. The van der Waals surface area contributed by atoms with Crippen molar-refractivity contribution >= 4 is 5.91 Å². The van der Waals surface area contributed by atoms with Crippen molar-refractivity contribution in [3.05, 3.63) is 64.5 Å². The summed E-state index contributed by atoms with van der Waals surface area (Å²) < 4.78 is 44.7. The minimum atomic E-state index is -4.09. The maximum absolute atomic E-state index is 13.2. The average Bonchev–Trinajstić information content (AvgIpc) is 3.21. The van der Waals surface area contributed by atoms with Crippen molar-refractivity contribution in [3.63, 3.8) is 0 Å². The van der Waals surface area contributed by atoms with Gasteiger partial charge in [-0.25, -0.2) is 0 Å². The van der Waals surface area contributed by atoms with E-state index in [0.29, 0.717) is 37.5 Å². The van der Waals surface area contributed by atoms with E-state index in [1.54, 1.807) is 13.3 Å². The van der Waals surface area contributed by atoms with Crippen molar-refractivity contribution in [1.29, 1.82) is 0 Å². The summed E-state index contributed by atoms with van der Waals surface area (Å²) in [5.41, 5.74) is 4.62. The smallest absolute Gasteiger partial charge is 0.382 e. The topological polar surface area (TPSA) is 54.5 Å². The zero-order valence-electron chi connectivity index (χ0n) is 22.1. The van der Waals surface area contributed by atoms with Gasteiger partial charge in [-0.05, 0) is 61.6 Å². The van der Waals surface area contributed by atoms with E-state index in [-0.39, 0.29) is 36.8 Å². The van der Waals surface area contributed by atoms with Crippen LogP contribution in [0.3, 0.4) is 0 Å². The number of fused-ring (bicyclic) bond motifs is 1. The molecule has 2 heterocycles. The second-order valence-corrected chi connectivity index (χ2v) is 11.0. The highest BCUT2D eigenvalue weighted by atomic mass is 19.4. The number of aromatic nitrogens is 1. The number of carbonyl (C=O) groups is 1. The number of alkyl halides is 3. The normalized spacial score (nSPS) is 23.2. The zero-order valence-corrected chi connectivity index (χ0v) is 22.1. The Bertz CT molecular complexity index is 1060. The van der Waals surface area contributed by atoms with Crippen molar-refractivity contribution in [3.8, 4) is 0 Å². The lowest BCUT2D eigenvalue weighted by Gasteiger charge is -2.35. The van der Waals surface area contributed by atoms with E-state index in [0.717, 1.165) is 28.9 Å². The van der Waals surface area contributed by atoms with Gasteiger partial charge in [0.2, 0.25) is 0 Å². The maximum atomic E-state index is 13.2. The van der Waals surface area contributed by atoms with Crippen LogP contribution in [0.25, 0.3) is 0 Å². The van der Waals surface area contributed by atoms with Gasteiger partial charge in [0, 0.05) is 26.4 Å². The highest BCUT2D eigenvalue weighted by molar-refractivity contribution is 5.94. The number of hydrogen-bond donors (Lipinski definition) is 1. The minimum absolute atomic E-state index is 0.0984. The van der Waals surface area contributed by atoms with E-state index in [1.165, 1.54) is 0 Å². The van der Waals surface area contributed by atoms with Crippen LogP contribution >= 0.6 is 0 Å². The number of hydrogen-bond acceptors (Lipinski definition) is 4. The van der Waals surface area contributed by atoms with Gasteiger partial charge in [0.15, 0.2) is 0 Å². The van der Waals surface area contributed by atoms with Crippen LogP contribution in [0.5, 0.6) is 0 Å². The van der Waals surface area contributed by atoms with Crippen molar-refractivity contribution in [2.75, 3.05) is 20.3 Å². The molecule has 37 heavy (non-hydrogen) atoms. The van der Waals surface area contributed by atoms with Crippen LogP contribution in [-0.4, -0.2) is 42.2 Å². The first kappa shape index (κ1) is 27.6. The first-order chi connectivity index (χ1) is 17.6. The van der Waals surface area contributed by atoms with E-state index >= 15 is 0 Å². The Morgan fingerprint density at radius 1 is 1.16 bits per heavy atom. The van der Waals surface area contributed by atoms with Crippen LogP contribution in [0.2, 0.25) is 0 Å². The van der Waals surface area contributed by atoms with Gasteiger partial charge in [0.1, 0.15) is 0 Å². The Labute approximate surface area is 217 Å². The van der Waals surface area contributed by atoms with Gasteiger partial charge >= 0.3 is 6.18 Å². The van der Waals surface area contributed by atoms with Gasteiger partial charge < -0.3 is 10.1 Å². The van der Waals surface area contributed by atoms with Crippen LogP contribution in [0.1, 0.15) is 84.4 Å². The number of carbonyl (C=O) groups excluding carboxylic acids is 1. The molecule has 1 aliphatic heterocycles. The number of rotatable bonds is 8. The third-order valence-electron chi connectivity index (χ3n) is 7.86. The van der Waals surface area contributed by atoms with Crippen molar-refractivity contribution in [1.82, 2.24) is 15.2 Å². The summed E-state index contributed by atoms with van der Waals surface area (Å²) in [6.45, 7) is 8.08. The molecule has 0 bridgehead atoms. The van der Waals surface area contributed by atoms with Gasteiger partial charge in [-0.1, -0.05) is 43.7 Å². The van der Waals surface area contributed by atoms with Crippen molar-refractivity contribution < 1.29 is 22.7 Å². The molecule has 2 atom stereocenters. The predicted octanol–water partition coefficient (Wildman–Crippen LogP) is 6.39. The van der Waals surface area contributed by atoms with E-state index in [9.17, 15) is 18.0 Å². The minimum Gasteiger partial charge on any atom is -0.382 e. The summed E-state index contributed by atoms with van der Waals surface area (Å²) in [4.78, 5) is 20.3. The predicted molar refractivity (Wildman–Crippen MR) is 137 cm³/mol. The molecular formula is C29H38F3N3O2. The largest absolute Gasteiger partial charge is 0.391 e. The first-order valence-electron chi connectivity index (χ1n) is 13.2. The van der Waals surface area contributed by atoms with Crippen molar-refractivity contribution in [2.45, 2.75) is 71.3 Å². The summed E-state index contributed by atoms with van der Waals surface area (Å²) in [5, 5.41) is 3.08. The molecule has 0 unspecified atom stereocenters. The van der Waals surface area contributed by atoms with E-state index in [4.69, 9.17) is 9.72 Å². The third-order valence-corrected chi connectivity index (χ3v) is 7.86. The molecule has 4 rings (SSSR count). The van der Waals surface area contributed by atoms with Crippen LogP contribution in [0.15, 0.2) is 36.5 Å². The number of ether oxygens (including phenoxy) is 1. The van der Waals surface area contributed by atoms with Crippen LogP contribution in [0.4, 0.5) is 13.2 Å². The van der Waals surface area contributed by atoms with Gasteiger partial charge in [-0.3, -0.25) is 14.7 Å². The lowest BCUT2D eigenvalue weighted by Crippen LogP contribution is -2.35. The number of methoxy groups -OCH3 is 1. The van der Waals surface area contributed by atoms with E-state index < -0.39 is 12.1 Å². The zero-order chi connectivity index (χ0) is 26.7. The standard InChI is InChI=1S/C29H38F3N3O2/c1-18(2)27-26-23(16-35(27)15-20-7-11-24(12-8-20)29(30,31)32)13-22(14-33-26)28(36)34-25(17-37-4)21-9-5-19(3)6-10-21/h5-6,9-10,13-14,18,20,24-25,27H,7-8,11-12,15-17H2,1-4H3,(H,34,36)/t20-,24+,25-,27-/m0/s1. The molecule has 1 aliphatic carbocycles. The van der Waals surface area contributed by atoms with Crippen molar-refractivity contribution in [2.24, 2.45) is 17.8 Å². The highest BCUT2D eigenvalue weighted by Gasteiger charge is 2.42. The second kappa shape index (κ2) is 11.5. The summed E-state index contributed by atoms with van der Waals surface area (Å²) >= 11 is 0. The number of amides is 1. The molecule has 1 N–H and O–H groups in total. The number of pyridine rings is 1. The second-order valence-electron chi connectivity index (χ2n) is 11.0. The quantitative estimate of drug-likeness (QED) is 0.441. The summed E-state index contributed by atoms with van der Waals surface area (Å²) in [6, 6.07) is 9.75. The third kappa shape index (κ3) is 6.52. The Kier molecular flexibility index (Phi) is 8.59. The fourth-order valence-electron chi connectivity index (χ4n) is 5.88. The molecule has 1 amide bonds. The molecule has 8 heteroatoms. The lowest BCUT2D eigenvalue weighted by atomic mass is 9.81. The summed E-state index contributed by atoms with van der Waals surface area (Å²) in [6.07, 6.45) is -0.814. The molecule has 5 nitrogen and oxygen atoms in total. The Hall–Kier alpha value is -2.45. The monoisotopic (exact) mass is 517 g/mol. The highest BCUT2D eigenvalue weighted by Crippen LogP contribution is 2.43. The number of nitrogens with one attached hydrogen (secondary N) is 1. The SMILES string of the molecule is COC[C@H](NC(=O)c1cnc2c(c1)CN(C[C@H]1CC[C@@H](C(F)(F)F)CC1)[C@H]2C(C)C)c1ccc(C)cc1. The number of halogens is 3. The van der Waals surface area contributed by atoms with Gasteiger partial charge in [0.25, 0.3) is 5.91 Å². The number of nitrogens with zero attached hydrogens (tertiary/aromatic N) is 2. The first-order valence-corrected chi connectivity index (χ1v) is 13.2. The van der Waals surface area contributed by atoms with Gasteiger partial charge in [0.05, 0.1) is 35.9 Å². The molecule has 2 aliphatic rings. The Morgan fingerprint density at radius 3 is 2.43 bits per heavy atom. The molecule has 2 aromatic rings. The van der Waals surface area contributed by atoms with Gasteiger partial charge in [-0.15, -0.1) is 0 Å². The van der Waals surface area contributed by atoms with E-state index in [1.807, 2.05) is 37.3 Å². The number of aryl methyl sites for hydroxylation is 1. The van der Waals surface area contributed by atoms with Crippen LogP contribution in [-0.2, 0) is 11.3 Å².